The molecule has 0 radical (unpaired) electrons. The van der Waals surface area contributed by atoms with Crippen LogP contribution in [0.25, 0.3) is 10.6 Å². The molecule has 2 aliphatic heterocycles. The molecule has 9 heteroatoms. The minimum Gasteiger partial charge on any atom is -0.495 e. The van der Waals surface area contributed by atoms with Gasteiger partial charge in [0.15, 0.2) is 0 Å². The van der Waals surface area contributed by atoms with Crippen LogP contribution in [0.5, 0.6) is 5.75 Å². The molecule has 5 heterocycles. The van der Waals surface area contributed by atoms with Crippen LogP contribution in [0, 0.1) is 0 Å². The number of thiophene rings is 1. The van der Waals surface area contributed by atoms with Crippen molar-refractivity contribution in [2.75, 3.05) is 26.8 Å². The molecule has 30 heavy (non-hydrogen) atoms. The fourth-order valence-corrected chi connectivity index (χ4v) is 5.43. The average Bonchev–Trinajstić information content (AvgIpc) is 3.41. The van der Waals surface area contributed by atoms with Gasteiger partial charge in [0, 0.05) is 24.4 Å². The van der Waals surface area contributed by atoms with Crippen molar-refractivity contribution in [2.24, 2.45) is 0 Å². The molecule has 1 saturated heterocycles. The molecule has 0 bridgehead atoms. The van der Waals surface area contributed by atoms with Gasteiger partial charge in [-0.1, -0.05) is 0 Å². The summed E-state index contributed by atoms with van der Waals surface area (Å²) in [4.78, 5) is 32.5. The number of rotatable bonds is 3. The smallest absolute Gasteiger partial charge is 0.292 e. The van der Waals surface area contributed by atoms with Gasteiger partial charge in [-0.25, -0.2) is 0 Å². The Morgan fingerprint density at radius 2 is 2.13 bits per heavy atom. The number of nitrogens with zero attached hydrogens (tertiary/aromatic N) is 2. The molecule has 156 valence electrons. The maximum Gasteiger partial charge on any atom is 0.292 e. The quantitative estimate of drug-likeness (QED) is 0.690. The first-order valence-electron chi connectivity index (χ1n) is 9.83. The van der Waals surface area contributed by atoms with Gasteiger partial charge in [-0.05, 0) is 36.6 Å². The Hall–Kier alpha value is -2.91. The Morgan fingerprint density at radius 1 is 1.30 bits per heavy atom. The Balaban J connectivity index is 1.37. The van der Waals surface area contributed by atoms with Crippen LogP contribution >= 0.6 is 11.3 Å². The summed E-state index contributed by atoms with van der Waals surface area (Å²) in [7, 11) is 1.63. The second kappa shape index (κ2) is 7.41. The van der Waals surface area contributed by atoms with Gasteiger partial charge in [-0.3, -0.25) is 14.6 Å². The molecule has 1 N–H and O–H groups in total. The molecule has 5 rings (SSSR count). The number of aromatic nitrogens is 2. The van der Waals surface area contributed by atoms with Gasteiger partial charge in [0.1, 0.15) is 5.75 Å². The monoisotopic (exact) mass is 427 g/mol. The van der Waals surface area contributed by atoms with Crippen LogP contribution in [0.1, 0.15) is 33.8 Å². The number of pyridine rings is 1. The fourth-order valence-electron chi connectivity index (χ4n) is 4.22. The molecule has 0 saturated carbocycles. The predicted octanol–water partition coefficient (Wildman–Crippen LogP) is 2.80. The summed E-state index contributed by atoms with van der Waals surface area (Å²) in [5.74, 6) is 0.507. The van der Waals surface area contributed by atoms with E-state index in [2.05, 4.69) is 16.2 Å². The maximum atomic E-state index is 12.6. The zero-order chi connectivity index (χ0) is 20.7. The summed E-state index contributed by atoms with van der Waals surface area (Å²) in [6.07, 6.45) is 4.01. The van der Waals surface area contributed by atoms with Gasteiger partial charge >= 0.3 is 0 Å². The van der Waals surface area contributed by atoms with Gasteiger partial charge in [-0.15, -0.1) is 11.3 Å². The minimum absolute atomic E-state index is 0.0459. The van der Waals surface area contributed by atoms with Crippen LogP contribution in [0.2, 0.25) is 0 Å². The SMILES string of the molecule is COc1ccc(-c2cc3c(s2)CCOC32CCN(C(=O)c3cc(=O)[nH]o3)CC2)nc1. The third-order valence-electron chi connectivity index (χ3n) is 5.82. The summed E-state index contributed by atoms with van der Waals surface area (Å²) in [5.41, 5.74) is 1.34. The van der Waals surface area contributed by atoms with Gasteiger partial charge in [-0.2, -0.15) is 5.16 Å². The van der Waals surface area contributed by atoms with E-state index < -0.39 is 5.56 Å². The number of amides is 1. The summed E-state index contributed by atoms with van der Waals surface area (Å²) < 4.78 is 16.5. The maximum absolute atomic E-state index is 12.6. The van der Waals surface area contributed by atoms with Crippen LogP contribution in [-0.2, 0) is 16.8 Å². The molecule has 3 aromatic rings. The molecule has 0 aromatic carbocycles. The predicted molar refractivity (Wildman–Crippen MR) is 110 cm³/mol. The van der Waals surface area contributed by atoms with Crippen LogP contribution in [-0.4, -0.2) is 47.8 Å². The van der Waals surface area contributed by atoms with E-state index in [4.69, 9.17) is 14.0 Å². The number of carbonyl (C=O) groups excluding carboxylic acids is 1. The topological polar surface area (TPSA) is 97.7 Å². The lowest BCUT2D eigenvalue weighted by Crippen LogP contribution is -2.48. The Kier molecular flexibility index (Phi) is 4.71. The van der Waals surface area contributed by atoms with Crippen molar-refractivity contribution in [2.45, 2.75) is 24.9 Å². The van der Waals surface area contributed by atoms with E-state index in [1.54, 1.807) is 29.5 Å². The number of fused-ring (bicyclic) bond motifs is 2. The number of H-pyrrole nitrogens is 1. The third-order valence-corrected chi connectivity index (χ3v) is 7.04. The van der Waals surface area contributed by atoms with E-state index in [9.17, 15) is 9.59 Å². The van der Waals surface area contributed by atoms with Crippen molar-refractivity contribution in [3.63, 3.8) is 0 Å². The van der Waals surface area contributed by atoms with Crippen molar-refractivity contribution in [3.05, 3.63) is 57.0 Å². The first-order chi connectivity index (χ1) is 14.6. The molecule has 1 amide bonds. The average molecular weight is 427 g/mol. The summed E-state index contributed by atoms with van der Waals surface area (Å²) in [6, 6.07) is 7.26. The molecule has 2 aliphatic rings. The standard InChI is InChI=1S/C21H21N3O5S/c1-27-13-2-3-15(22-12-13)18-10-14-17(30-18)4-9-28-21(14)5-7-24(8-6-21)20(26)16-11-19(25)23-29-16/h2-3,10-12H,4-9H2,1H3,(H,23,25). The number of hydrogen-bond acceptors (Lipinski definition) is 7. The van der Waals surface area contributed by atoms with Crippen LogP contribution < -0.4 is 10.3 Å². The van der Waals surface area contributed by atoms with Crippen molar-refractivity contribution in [1.82, 2.24) is 15.0 Å². The van der Waals surface area contributed by atoms with Crippen molar-refractivity contribution in [3.8, 4) is 16.3 Å². The second-order valence-electron chi connectivity index (χ2n) is 7.49. The molecule has 0 atom stereocenters. The minimum atomic E-state index is -0.412. The molecule has 0 unspecified atom stereocenters. The lowest BCUT2D eigenvalue weighted by molar-refractivity contribution is -0.0928. The van der Waals surface area contributed by atoms with E-state index in [1.807, 2.05) is 12.1 Å². The third kappa shape index (κ3) is 3.23. The summed E-state index contributed by atoms with van der Waals surface area (Å²) >= 11 is 1.76. The molecule has 3 aromatic heterocycles. The van der Waals surface area contributed by atoms with Crippen molar-refractivity contribution >= 4 is 17.2 Å². The highest BCUT2D eigenvalue weighted by molar-refractivity contribution is 7.15. The van der Waals surface area contributed by atoms with Crippen molar-refractivity contribution in [1.29, 1.82) is 0 Å². The lowest BCUT2D eigenvalue weighted by atomic mass is 9.82. The molecule has 0 aliphatic carbocycles. The summed E-state index contributed by atoms with van der Waals surface area (Å²) in [6.45, 7) is 1.75. The molecular formula is C21H21N3O5S. The van der Waals surface area contributed by atoms with Gasteiger partial charge in [0.05, 0.1) is 42.2 Å². The van der Waals surface area contributed by atoms with Crippen LogP contribution in [0.15, 0.2) is 39.8 Å². The van der Waals surface area contributed by atoms with E-state index in [-0.39, 0.29) is 17.3 Å². The van der Waals surface area contributed by atoms with Crippen LogP contribution in [0.4, 0.5) is 0 Å². The number of piperidine rings is 1. The molecule has 8 nitrogen and oxygen atoms in total. The largest absolute Gasteiger partial charge is 0.495 e. The first kappa shape index (κ1) is 19.1. The molecule has 1 spiro atoms. The van der Waals surface area contributed by atoms with Gasteiger partial charge in [0.25, 0.3) is 11.5 Å². The number of nitrogens with one attached hydrogen (secondary N) is 1. The summed E-state index contributed by atoms with van der Waals surface area (Å²) in [5, 5.41) is 2.17. The number of hydrogen-bond donors (Lipinski definition) is 1. The lowest BCUT2D eigenvalue weighted by Gasteiger charge is -2.43. The van der Waals surface area contributed by atoms with Crippen LogP contribution in [0.3, 0.4) is 0 Å². The van der Waals surface area contributed by atoms with E-state index in [1.165, 1.54) is 16.5 Å². The fraction of sp³-hybridized carbons (Fsp3) is 0.381. The Labute approximate surface area is 176 Å². The number of likely N-dealkylation sites (tertiary alicyclic amines) is 1. The van der Waals surface area contributed by atoms with E-state index in [0.29, 0.717) is 32.5 Å². The van der Waals surface area contributed by atoms with Gasteiger partial charge in [0.2, 0.25) is 5.76 Å². The zero-order valence-corrected chi connectivity index (χ0v) is 17.3. The highest BCUT2D eigenvalue weighted by Crippen LogP contribution is 2.46. The Bertz CT molecular complexity index is 1120. The number of ether oxygens (including phenoxy) is 2. The Morgan fingerprint density at radius 3 is 2.80 bits per heavy atom. The molecule has 1 fully saturated rings. The number of methoxy groups -OCH3 is 1. The highest BCUT2D eigenvalue weighted by Gasteiger charge is 2.43. The zero-order valence-electron chi connectivity index (χ0n) is 16.5. The number of carbonyl (C=O) groups is 1. The molecular weight excluding hydrogens is 406 g/mol. The normalized spacial score (nSPS) is 17.7. The highest BCUT2D eigenvalue weighted by atomic mass is 32.1. The van der Waals surface area contributed by atoms with Crippen molar-refractivity contribution < 1.29 is 18.8 Å². The van der Waals surface area contributed by atoms with E-state index >= 15 is 0 Å². The first-order valence-corrected chi connectivity index (χ1v) is 10.6. The number of aromatic amines is 1. The van der Waals surface area contributed by atoms with E-state index in [0.717, 1.165) is 22.7 Å². The van der Waals surface area contributed by atoms with Gasteiger partial charge < -0.3 is 18.9 Å². The second-order valence-corrected chi connectivity index (χ2v) is 8.63.